The van der Waals surface area contributed by atoms with E-state index in [2.05, 4.69) is 37.5 Å². The molecule has 0 fully saturated rings. The summed E-state index contributed by atoms with van der Waals surface area (Å²) in [7, 11) is 0. The van der Waals surface area contributed by atoms with Gasteiger partial charge in [0.1, 0.15) is 0 Å². The molecule has 4 rings (SSSR count). The molecule has 6 nitrogen and oxygen atoms in total. The lowest BCUT2D eigenvalue weighted by Crippen LogP contribution is -2.38. The van der Waals surface area contributed by atoms with Crippen LogP contribution in [-0.2, 0) is 19.5 Å². The normalized spacial score (nSPS) is 15.8. The molecule has 1 unspecified atom stereocenters. The molecular weight excluding hydrogens is 338 g/mol. The van der Waals surface area contributed by atoms with Gasteiger partial charge in [0.2, 0.25) is 0 Å². The average Bonchev–Trinajstić information content (AvgIpc) is 3.12. The van der Waals surface area contributed by atoms with Gasteiger partial charge in [-0.15, -0.1) is 0 Å². The third-order valence-electron chi connectivity index (χ3n) is 4.92. The van der Waals surface area contributed by atoms with Crippen LogP contribution in [0.4, 0.5) is 4.79 Å². The van der Waals surface area contributed by atoms with E-state index in [4.69, 9.17) is 0 Å². The van der Waals surface area contributed by atoms with Crippen molar-refractivity contribution in [3.8, 4) is 0 Å². The minimum Gasteiger partial charge on any atom is -0.334 e. The predicted octanol–water partition coefficient (Wildman–Crippen LogP) is 3.20. The van der Waals surface area contributed by atoms with Crippen LogP contribution < -0.4 is 10.6 Å². The zero-order valence-corrected chi connectivity index (χ0v) is 15.1. The number of pyridine rings is 1. The molecule has 0 spiro atoms. The second-order valence-electron chi connectivity index (χ2n) is 6.82. The van der Waals surface area contributed by atoms with E-state index in [1.807, 2.05) is 36.5 Å². The Morgan fingerprint density at radius 2 is 1.96 bits per heavy atom. The van der Waals surface area contributed by atoms with E-state index in [9.17, 15) is 4.79 Å². The van der Waals surface area contributed by atoms with Crippen LogP contribution in [0.25, 0.3) is 0 Å². The Kier molecular flexibility index (Phi) is 5.14. The number of benzene rings is 1. The fraction of sp³-hybridized carbons (Fsp3) is 0.286. The molecule has 0 saturated heterocycles. The van der Waals surface area contributed by atoms with Gasteiger partial charge in [-0.25, -0.2) is 4.79 Å². The first-order valence-electron chi connectivity index (χ1n) is 9.31. The highest BCUT2D eigenvalue weighted by Gasteiger charge is 2.25. The van der Waals surface area contributed by atoms with E-state index in [1.54, 1.807) is 12.4 Å². The van der Waals surface area contributed by atoms with E-state index in [-0.39, 0.29) is 12.1 Å². The highest BCUT2D eigenvalue weighted by Crippen LogP contribution is 2.29. The number of amides is 2. The summed E-state index contributed by atoms with van der Waals surface area (Å²) in [5.74, 6) is 0. The van der Waals surface area contributed by atoms with Crippen LogP contribution in [0.15, 0.2) is 61.1 Å². The Morgan fingerprint density at radius 1 is 1.11 bits per heavy atom. The lowest BCUT2D eigenvalue weighted by molar-refractivity contribution is 0.235. The summed E-state index contributed by atoms with van der Waals surface area (Å²) < 4.78 is 2.06. The fourth-order valence-corrected chi connectivity index (χ4v) is 3.56. The minimum absolute atomic E-state index is 0.00664. The van der Waals surface area contributed by atoms with Crippen LogP contribution in [0.1, 0.15) is 41.3 Å². The highest BCUT2D eigenvalue weighted by atomic mass is 16.2. The zero-order valence-electron chi connectivity index (χ0n) is 15.1. The van der Waals surface area contributed by atoms with E-state index < -0.39 is 0 Å². The average molecular weight is 361 g/mol. The lowest BCUT2D eigenvalue weighted by Gasteiger charge is -2.24. The number of fused-ring (bicyclic) bond motifs is 1. The van der Waals surface area contributed by atoms with Gasteiger partial charge in [-0.2, -0.15) is 5.10 Å². The Bertz CT molecular complexity index is 891. The van der Waals surface area contributed by atoms with E-state index in [0.717, 1.165) is 36.9 Å². The number of rotatable bonds is 5. The Hall–Kier alpha value is -3.15. The van der Waals surface area contributed by atoms with Crippen molar-refractivity contribution in [3.05, 3.63) is 83.4 Å². The van der Waals surface area contributed by atoms with Crippen LogP contribution in [0.3, 0.4) is 0 Å². The molecule has 2 amide bonds. The van der Waals surface area contributed by atoms with Gasteiger partial charge in [-0.1, -0.05) is 36.4 Å². The molecule has 1 atom stereocenters. The molecule has 1 aliphatic carbocycles. The van der Waals surface area contributed by atoms with Crippen LogP contribution in [0.2, 0.25) is 0 Å². The van der Waals surface area contributed by atoms with Crippen molar-refractivity contribution in [3.63, 3.8) is 0 Å². The molecule has 6 heteroatoms. The van der Waals surface area contributed by atoms with Crippen molar-refractivity contribution >= 4 is 6.03 Å². The van der Waals surface area contributed by atoms with Crippen molar-refractivity contribution in [2.24, 2.45) is 0 Å². The zero-order chi connectivity index (χ0) is 18.5. The van der Waals surface area contributed by atoms with Crippen molar-refractivity contribution in [2.45, 2.75) is 38.4 Å². The summed E-state index contributed by atoms with van der Waals surface area (Å²) in [4.78, 5) is 16.4. The molecule has 0 bridgehead atoms. The Morgan fingerprint density at radius 3 is 2.78 bits per heavy atom. The molecule has 0 aliphatic heterocycles. The molecule has 1 aliphatic rings. The molecule has 2 N–H and O–H groups in total. The minimum atomic E-state index is -0.160. The van der Waals surface area contributed by atoms with Gasteiger partial charge in [0.25, 0.3) is 0 Å². The number of carbonyl (C=O) groups excluding carboxylic acids is 1. The second kappa shape index (κ2) is 8.03. The van der Waals surface area contributed by atoms with Crippen molar-refractivity contribution in [1.29, 1.82) is 0 Å². The number of urea groups is 1. The number of hydrogen-bond acceptors (Lipinski definition) is 3. The summed E-state index contributed by atoms with van der Waals surface area (Å²) in [6, 6.07) is 14.0. The van der Waals surface area contributed by atoms with Crippen LogP contribution in [0, 0.1) is 0 Å². The van der Waals surface area contributed by atoms with Gasteiger partial charge in [-0.05, 0) is 36.5 Å². The van der Waals surface area contributed by atoms with Crippen molar-refractivity contribution in [2.75, 3.05) is 0 Å². The number of aromatic nitrogens is 3. The molecule has 1 aromatic carbocycles. The first-order valence-corrected chi connectivity index (χ1v) is 9.31. The van der Waals surface area contributed by atoms with Gasteiger partial charge in [0, 0.05) is 30.2 Å². The smallest absolute Gasteiger partial charge is 0.315 e. The van der Waals surface area contributed by atoms with Gasteiger partial charge in [-0.3, -0.25) is 9.67 Å². The van der Waals surface area contributed by atoms with Gasteiger partial charge in [0.15, 0.2) is 0 Å². The van der Waals surface area contributed by atoms with Crippen LogP contribution >= 0.6 is 0 Å². The molecule has 27 heavy (non-hydrogen) atoms. The summed E-state index contributed by atoms with van der Waals surface area (Å²) in [6.07, 6.45) is 8.36. The molecule has 3 aromatic rings. The number of carbonyl (C=O) groups is 1. The largest absolute Gasteiger partial charge is 0.334 e. The van der Waals surface area contributed by atoms with Gasteiger partial charge < -0.3 is 10.6 Å². The van der Waals surface area contributed by atoms with Crippen LogP contribution in [0.5, 0.6) is 0 Å². The second-order valence-corrected chi connectivity index (χ2v) is 6.82. The maximum atomic E-state index is 12.3. The maximum absolute atomic E-state index is 12.3. The predicted molar refractivity (Wildman–Crippen MR) is 103 cm³/mol. The monoisotopic (exact) mass is 361 g/mol. The Balaban J connectivity index is 1.40. The summed E-state index contributed by atoms with van der Waals surface area (Å²) in [5, 5.41) is 10.6. The van der Waals surface area contributed by atoms with E-state index in [1.165, 1.54) is 11.3 Å². The van der Waals surface area contributed by atoms with Crippen LogP contribution in [-0.4, -0.2) is 20.8 Å². The summed E-state index contributed by atoms with van der Waals surface area (Å²) in [5.41, 5.74) is 4.57. The molecule has 2 heterocycles. The van der Waals surface area contributed by atoms with E-state index in [0.29, 0.717) is 6.54 Å². The summed E-state index contributed by atoms with van der Waals surface area (Å²) >= 11 is 0. The number of nitrogens with zero attached hydrogens (tertiary/aromatic N) is 3. The fourth-order valence-electron chi connectivity index (χ4n) is 3.56. The summed E-state index contributed by atoms with van der Waals surface area (Å²) in [6.45, 7) is 1.22. The van der Waals surface area contributed by atoms with Crippen molar-refractivity contribution < 1.29 is 4.79 Å². The molecular formula is C21H23N5O. The first kappa shape index (κ1) is 17.3. The Labute approximate surface area is 158 Å². The number of nitrogens with one attached hydrogen (secondary N) is 2. The molecule has 138 valence electrons. The number of hydrogen-bond donors (Lipinski definition) is 2. The quantitative estimate of drug-likeness (QED) is 0.733. The molecule has 0 radical (unpaired) electrons. The van der Waals surface area contributed by atoms with Gasteiger partial charge >= 0.3 is 6.03 Å². The van der Waals surface area contributed by atoms with E-state index >= 15 is 0 Å². The first-order chi connectivity index (χ1) is 13.3. The third kappa shape index (κ3) is 4.16. The SMILES string of the molecule is O=C(NCc1cccnc1)NC1CCCc2c1cnn2Cc1ccccc1. The molecule has 2 aromatic heterocycles. The third-order valence-corrected chi connectivity index (χ3v) is 4.92. The molecule has 0 saturated carbocycles. The van der Waals surface area contributed by atoms with Crippen molar-refractivity contribution in [1.82, 2.24) is 25.4 Å². The topological polar surface area (TPSA) is 71.8 Å². The lowest BCUT2D eigenvalue weighted by atomic mass is 9.93. The van der Waals surface area contributed by atoms with Gasteiger partial charge in [0.05, 0.1) is 18.8 Å². The standard InChI is InChI=1S/C21H23N5O/c27-21(23-13-17-8-5-11-22-12-17)25-19-9-4-10-20-18(19)14-24-26(20)15-16-6-2-1-3-7-16/h1-3,5-8,11-12,14,19H,4,9-10,13,15H2,(H2,23,25,27). The maximum Gasteiger partial charge on any atom is 0.315 e. The highest BCUT2D eigenvalue weighted by molar-refractivity contribution is 5.74.